The summed E-state index contributed by atoms with van der Waals surface area (Å²) in [6, 6.07) is 3.79. The van der Waals surface area contributed by atoms with Gasteiger partial charge in [0.15, 0.2) is 5.82 Å². The molecule has 0 bridgehead atoms. The van der Waals surface area contributed by atoms with Crippen LogP contribution in [-0.4, -0.2) is 46.0 Å². The summed E-state index contributed by atoms with van der Waals surface area (Å²) >= 11 is 0. The lowest BCUT2D eigenvalue weighted by atomic mass is 10.1. The number of hydrogen-bond donors (Lipinski definition) is 1. The number of fused-ring (bicyclic) bond motifs is 1. The zero-order chi connectivity index (χ0) is 20.8. The number of anilines is 1. The third-order valence-electron chi connectivity index (χ3n) is 4.58. The first-order valence-corrected chi connectivity index (χ1v) is 10.1. The minimum Gasteiger partial charge on any atom is -0.434 e. The number of aromatic nitrogens is 3. The molecule has 1 fully saturated rings. The van der Waals surface area contributed by atoms with Crippen LogP contribution < -0.4 is 5.32 Å². The third kappa shape index (κ3) is 5.44. The molecule has 2 atom stereocenters. The van der Waals surface area contributed by atoms with Crippen LogP contribution in [0.1, 0.15) is 58.3 Å². The summed E-state index contributed by atoms with van der Waals surface area (Å²) in [5.74, 6) is 0.668. The first-order chi connectivity index (χ1) is 14.0. The van der Waals surface area contributed by atoms with E-state index >= 15 is 0 Å². The molecule has 0 saturated carbocycles. The molecule has 9 nitrogen and oxygen atoms in total. The summed E-state index contributed by atoms with van der Waals surface area (Å²) in [6.07, 6.45) is 3.14. The van der Waals surface area contributed by atoms with Crippen molar-refractivity contribution in [1.82, 2.24) is 14.6 Å². The van der Waals surface area contributed by atoms with Gasteiger partial charge in [-0.15, -0.1) is 0 Å². The van der Waals surface area contributed by atoms with Gasteiger partial charge < -0.3 is 19.5 Å². The van der Waals surface area contributed by atoms with Gasteiger partial charge in [0.2, 0.25) is 5.91 Å². The zero-order valence-electron chi connectivity index (χ0n) is 17.1. The van der Waals surface area contributed by atoms with Crippen LogP contribution in [-0.2, 0) is 19.0 Å². The van der Waals surface area contributed by atoms with Crippen molar-refractivity contribution < 1.29 is 23.8 Å². The van der Waals surface area contributed by atoms with Gasteiger partial charge in [0.25, 0.3) is 0 Å². The van der Waals surface area contributed by atoms with Gasteiger partial charge in [0, 0.05) is 6.42 Å². The minimum atomic E-state index is -0.668. The maximum absolute atomic E-state index is 11.9. The average molecular weight is 404 g/mol. The van der Waals surface area contributed by atoms with E-state index in [-0.39, 0.29) is 30.6 Å². The monoisotopic (exact) mass is 404 g/mol. The Labute approximate surface area is 169 Å². The largest absolute Gasteiger partial charge is 0.508 e. The Balaban J connectivity index is 1.60. The lowest BCUT2D eigenvalue weighted by Crippen LogP contribution is -2.20. The Kier molecular flexibility index (Phi) is 7.03. The van der Waals surface area contributed by atoms with Crippen molar-refractivity contribution in [2.24, 2.45) is 5.92 Å². The van der Waals surface area contributed by atoms with E-state index < -0.39 is 6.16 Å². The molecule has 9 heteroatoms. The van der Waals surface area contributed by atoms with Crippen molar-refractivity contribution in [3.8, 4) is 0 Å². The van der Waals surface area contributed by atoms with Crippen LogP contribution in [0.2, 0.25) is 0 Å². The van der Waals surface area contributed by atoms with Crippen LogP contribution in [0.4, 0.5) is 10.6 Å². The molecule has 2 aromatic heterocycles. The van der Waals surface area contributed by atoms with Crippen molar-refractivity contribution in [3.63, 3.8) is 0 Å². The van der Waals surface area contributed by atoms with E-state index in [1.807, 2.05) is 32.9 Å². The molecule has 0 aromatic carbocycles. The minimum absolute atomic E-state index is 0.0745. The van der Waals surface area contributed by atoms with Crippen molar-refractivity contribution in [2.45, 2.75) is 58.7 Å². The fourth-order valence-corrected chi connectivity index (χ4v) is 3.20. The number of rotatable bonds is 8. The Hall–Kier alpha value is -2.68. The van der Waals surface area contributed by atoms with Gasteiger partial charge in [-0.1, -0.05) is 20.8 Å². The molecular weight excluding hydrogens is 376 g/mol. The highest BCUT2D eigenvalue weighted by Crippen LogP contribution is 2.34. The molecule has 0 radical (unpaired) electrons. The van der Waals surface area contributed by atoms with E-state index in [0.29, 0.717) is 24.4 Å². The van der Waals surface area contributed by atoms with E-state index in [0.717, 1.165) is 25.0 Å². The number of nitrogens with one attached hydrogen (secondary N) is 1. The van der Waals surface area contributed by atoms with Crippen LogP contribution in [0, 0.1) is 5.92 Å². The van der Waals surface area contributed by atoms with Gasteiger partial charge in [-0.2, -0.15) is 5.10 Å². The summed E-state index contributed by atoms with van der Waals surface area (Å²) in [7, 11) is 0. The third-order valence-corrected chi connectivity index (χ3v) is 4.58. The fourth-order valence-electron chi connectivity index (χ4n) is 3.20. The highest BCUT2D eigenvalue weighted by molar-refractivity contribution is 5.93. The van der Waals surface area contributed by atoms with Gasteiger partial charge in [-0.25, -0.2) is 14.3 Å². The van der Waals surface area contributed by atoms with Gasteiger partial charge >= 0.3 is 6.16 Å². The zero-order valence-corrected chi connectivity index (χ0v) is 17.1. The normalized spacial score (nSPS) is 18.9. The van der Waals surface area contributed by atoms with Crippen molar-refractivity contribution in [2.75, 3.05) is 18.5 Å². The van der Waals surface area contributed by atoms with E-state index in [1.54, 1.807) is 4.52 Å². The molecule has 3 rings (SSSR count). The summed E-state index contributed by atoms with van der Waals surface area (Å²) in [6.45, 7) is 6.37. The second kappa shape index (κ2) is 9.69. The van der Waals surface area contributed by atoms with E-state index in [2.05, 4.69) is 15.4 Å². The van der Waals surface area contributed by atoms with E-state index in [9.17, 15) is 9.59 Å². The molecular formula is C20H28N4O5. The van der Waals surface area contributed by atoms with Crippen molar-refractivity contribution in [1.29, 1.82) is 0 Å². The van der Waals surface area contributed by atoms with Gasteiger partial charge in [-0.05, 0) is 37.3 Å². The first-order valence-electron chi connectivity index (χ1n) is 10.1. The summed E-state index contributed by atoms with van der Waals surface area (Å²) in [4.78, 5) is 27.7. The lowest BCUT2D eigenvalue weighted by Gasteiger charge is -2.14. The molecule has 2 aromatic rings. The van der Waals surface area contributed by atoms with Crippen LogP contribution in [0.15, 0.2) is 18.5 Å². The molecule has 29 heavy (non-hydrogen) atoms. The Bertz CT molecular complexity index is 851. The molecule has 158 valence electrons. The second-order valence-corrected chi connectivity index (χ2v) is 7.55. The van der Waals surface area contributed by atoms with Gasteiger partial charge in [0.1, 0.15) is 24.6 Å². The SMILES string of the molecule is CCCC(=O)Nc1ncnn2c(C3CCC(COC(=O)OCC(C)C)O3)ccc12. The maximum Gasteiger partial charge on any atom is 0.508 e. The fraction of sp³-hybridized carbons (Fsp3) is 0.600. The number of carbonyl (C=O) groups is 2. The van der Waals surface area contributed by atoms with Crippen LogP contribution in [0.5, 0.6) is 0 Å². The van der Waals surface area contributed by atoms with Crippen LogP contribution in [0.3, 0.4) is 0 Å². The molecule has 2 unspecified atom stereocenters. The first kappa shape index (κ1) is 21.0. The number of ether oxygens (including phenoxy) is 3. The van der Waals surface area contributed by atoms with Gasteiger partial charge in [-0.3, -0.25) is 4.79 Å². The molecule has 3 heterocycles. The van der Waals surface area contributed by atoms with Crippen LogP contribution in [0.25, 0.3) is 5.52 Å². The molecule has 0 spiro atoms. The molecule has 1 saturated heterocycles. The van der Waals surface area contributed by atoms with Crippen molar-refractivity contribution >= 4 is 23.4 Å². The topological polar surface area (TPSA) is 104 Å². The summed E-state index contributed by atoms with van der Waals surface area (Å²) < 4.78 is 17.9. The molecule has 1 aliphatic heterocycles. The summed E-state index contributed by atoms with van der Waals surface area (Å²) in [5, 5.41) is 7.14. The standard InChI is InChI=1S/C20H28N4O5/c1-4-5-18(25)23-19-16-8-7-15(24(16)22-12-21-19)17-9-6-14(29-17)11-28-20(26)27-10-13(2)3/h7-8,12-14,17H,4-6,9-11H2,1-3H3,(H,21,22,23,25). The van der Waals surface area contributed by atoms with Gasteiger partial charge in [0.05, 0.1) is 18.4 Å². The number of carbonyl (C=O) groups excluding carboxylic acids is 2. The second-order valence-electron chi connectivity index (χ2n) is 7.55. The van der Waals surface area contributed by atoms with E-state index in [4.69, 9.17) is 14.2 Å². The smallest absolute Gasteiger partial charge is 0.434 e. The number of hydrogen-bond acceptors (Lipinski definition) is 7. The lowest BCUT2D eigenvalue weighted by molar-refractivity contribution is -0.116. The predicted octanol–water partition coefficient (Wildman–Crippen LogP) is 3.50. The predicted molar refractivity (Wildman–Crippen MR) is 106 cm³/mol. The number of amides is 1. The molecule has 1 amide bonds. The Morgan fingerprint density at radius 1 is 1.31 bits per heavy atom. The van der Waals surface area contributed by atoms with Crippen molar-refractivity contribution in [3.05, 3.63) is 24.2 Å². The average Bonchev–Trinajstić information content (AvgIpc) is 3.32. The maximum atomic E-state index is 11.9. The molecule has 0 aliphatic carbocycles. The quantitative estimate of drug-likeness (QED) is 0.672. The Morgan fingerprint density at radius 2 is 2.14 bits per heavy atom. The number of nitrogens with zero attached hydrogens (tertiary/aromatic N) is 3. The highest BCUT2D eigenvalue weighted by Gasteiger charge is 2.30. The molecule has 1 aliphatic rings. The van der Waals surface area contributed by atoms with E-state index in [1.165, 1.54) is 6.33 Å². The summed E-state index contributed by atoms with van der Waals surface area (Å²) in [5.41, 5.74) is 1.59. The highest BCUT2D eigenvalue weighted by atomic mass is 16.7. The Morgan fingerprint density at radius 3 is 2.90 bits per heavy atom. The van der Waals surface area contributed by atoms with Crippen LogP contribution >= 0.6 is 0 Å². The molecule has 1 N–H and O–H groups in total.